The van der Waals surface area contributed by atoms with Gasteiger partial charge in [-0.1, -0.05) is 0 Å². The molecule has 0 amide bonds. The van der Waals surface area contributed by atoms with Crippen molar-refractivity contribution in [3.8, 4) is 5.82 Å². The Morgan fingerprint density at radius 1 is 1.32 bits per heavy atom. The van der Waals surface area contributed by atoms with Gasteiger partial charge in [-0.15, -0.1) is 0 Å². The fourth-order valence-corrected chi connectivity index (χ4v) is 2.01. The lowest BCUT2D eigenvalue weighted by Gasteiger charge is -2.20. The van der Waals surface area contributed by atoms with Gasteiger partial charge in [0.05, 0.1) is 13.2 Å². The summed E-state index contributed by atoms with van der Waals surface area (Å²) in [5.74, 6) is 0.792. The van der Waals surface area contributed by atoms with E-state index in [9.17, 15) is 10.1 Å². The van der Waals surface area contributed by atoms with Gasteiger partial charge in [0, 0.05) is 32.3 Å². The van der Waals surface area contributed by atoms with Gasteiger partial charge in [-0.25, -0.2) is 9.97 Å². The molecule has 0 aliphatic carbocycles. The molecule has 2 rings (SSSR count). The van der Waals surface area contributed by atoms with E-state index in [4.69, 9.17) is 10.2 Å². The molecule has 2 aromatic rings. The maximum absolute atomic E-state index is 11.1. The zero-order valence-electron chi connectivity index (χ0n) is 12.0. The lowest BCUT2D eigenvalue weighted by Crippen LogP contribution is -2.31. The highest BCUT2D eigenvalue weighted by Gasteiger charge is 2.21. The van der Waals surface area contributed by atoms with Gasteiger partial charge in [-0.2, -0.15) is 9.55 Å². The lowest BCUT2D eigenvalue weighted by molar-refractivity contribution is -0.391. The van der Waals surface area contributed by atoms with Gasteiger partial charge in [-0.3, -0.25) is 0 Å². The molecule has 118 valence electrons. The average Bonchev–Trinajstić information content (AvgIpc) is 2.89. The van der Waals surface area contributed by atoms with E-state index in [-0.39, 0.29) is 38.1 Å². The van der Waals surface area contributed by atoms with Crippen molar-refractivity contribution in [2.24, 2.45) is 0 Å². The summed E-state index contributed by atoms with van der Waals surface area (Å²) in [6, 6.07) is 1.53. The van der Waals surface area contributed by atoms with Crippen molar-refractivity contribution in [3.05, 3.63) is 34.4 Å². The van der Waals surface area contributed by atoms with Gasteiger partial charge in [0.25, 0.3) is 0 Å². The largest absolute Gasteiger partial charge is 0.395 e. The van der Waals surface area contributed by atoms with Crippen molar-refractivity contribution in [3.63, 3.8) is 0 Å². The fourth-order valence-electron chi connectivity index (χ4n) is 2.01. The first-order valence-corrected chi connectivity index (χ1v) is 6.57. The number of aliphatic hydroxyl groups excluding tert-OH is 2. The Morgan fingerprint density at radius 3 is 2.59 bits per heavy atom. The number of nitrogens with zero attached hydrogens (tertiary/aromatic N) is 6. The average molecular weight is 308 g/mol. The van der Waals surface area contributed by atoms with Crippen LogP contribution < -0.4 is 4.90 Å². The van der Waals surface area contributed by atoms with Crippen LogP contribution in [-0.4, -0.2) is 61.0 Å². The first kappa shape index (κ1) is 15.8. The van der Waals surface area contributed by atoms with Gasteiger partial charge in [0.2, 0.25) is 11.8 Å². The van der Waals surface area contributed by atoms with E-state index < -0.39 is 4.92 Å². The molecule has 0 saturated carbocycles. The zero-order valence-corrected chi connectivity index (χ0v) is 12.0. The number of aryl methyl sites for hydroxylation is 1. The number of hydrogen-bond acceptors (Lipinski definition) is 8. The SMILES string of the molecule is Cc1ncc([N+](=O)[O-])n1-c1ccnc(N(CCO)CCO)n1. The molecular formula is C12H16N6O4. The molecule has 22 heavy (non-hydrogen) atoms. The third-order valence-corrected chi connectivity index (χ3v) is 2.99. The van der Waals surface area contributed by atoms with Crippen LogP contribution in [0.5, 0.6) is 0 Å². The first-order chi connectivity index (χ1) is 10.6. The number of aromatic nitrogens is 4. The summed E-state index contributed by atoms with van der Waals surface area (Å²) in [6.45, 7) is 1.87. The van der Waals surface area contributed by atoms with Gasteiger partial charge >= 0.3 is 5.82 Å². The highest BCUT2D eigenvalue weighted by atomic mass is 16.6. The Labute approximate surface area is 125 Å². The number of imidazole rings is 1. The summed E-state index contributed by atoms with van der Waals surface area (Å²) in [6.07, 6.45) is 2.62. The van der Waals surface area contributed by atoms with Crippen LogP contribution in [0.3, 0.4) is 0 Å². The van der Waals surface area contributed by atoms with Crippen LogP contribution in [0.4, 0.5) is 11.8 Å². The van der Waals surface area contributed by atoms with E-state index in [0.717, 1.165) is 6.20 Å². The molecule has 0 radical (unpaired) electrons. The number of nitro groups is 1. The minimum Gasteiger partial charge on any atom is -0.395 e. The van der Waals surface area contributed by atoms with Gasteiger partial charge in [0.1, 0.15) is 6.20 Å². The van der Waals surface area contributed by atoms with E-state index in [1.807, 2.05) is 0 Å². The molecule has 0 spiro atoms. The molecular weight excluding hydrogens is 292 g/mol. The standard InChI is InChI=1S/C12H16N6O4/c1-9-14-8-11(18(21)22)17(9)10-2-3-13-12(15-10)16(4-6-19)5-7-20/h2-3,8,19-20H,4-7H2,1H3. The zero-order chi connectivity index (χ0) is 16.1. The van der Waals surface area contributed by atoms with E-state index in [0.29, 0.717) is 11.6 Å². The molecule has 0 atom stereocenters. The number of anilines is 1. The normalized spacial score (nSPS) is 10.7. The van der Waals surface area contributed by atoms with Crippen LogP contribution in [-0.2, 0) is 0 Å². The van der Waals surface area contributed by atoms with Crippen molar-refractivity contribution < 1.29 is 15.1 Å². The molecule has 10 nitrogen and oxygen atoms in total. The van der Waals surface area contributed by atoms with Gasteiger partial charge in [-0.05, 0) is 4.92 Å². The molecule has 2 aromatic heterocycles. The Kier molecular flexibility index (Phi) is 4.96. The third-order valence-electron chi connectivity index (χ3n) is 2.99. The molecule has 0 saturated heterocycles. The van der Waals surface area contributed by atoms with Gasteiger partial charge < -0.3 is 25.2 Å². The Balaban J connectivity index is 2.44. The molecule has 2 heterocycles. The predicted octanol–water partition coefficient (Wildman–Crippen LogP) is -0.330. The topological polar surface area (TPSA) is 130 Å². The van der Waals surface area contributed by atoms with E-state index >= 15 is 0 Å². The highest BCUT2D eigenvalue weighted by Crippen LogP contribution is 2.20. The predicted molar refractivity (Wildman–Crippen MR) is 76.9 cm³/mol. The van der Waals surface area contributed by atoms with Crippen LogP contribution in [0.15, 0.2) is 18.5 Å². The maximum Gasteiger partial charge on any atom is 0.349 e. The Hall–Kier alpha value is -2.59. The minimum absolute atomic E-state index is 0.127. The second-order valence-corrected chi connectivity index (χ2v) is 4.41. The summed E-state index contributed by atoms with van der Waals surface area (Å²) in [5, 5.41) is 29.2. The molecule has 0 unspecified atom stereocenters. The monoisotopic (exact) mass is 308 g/mol. The van der Waals surface area contributed by atoms with Crippen LogP contribution >= 0.6 is 0 Å². The van der Waals surface area contributed by atoms with Crippen LogP contribution in [0.1, 0.15) is 5.82 Å². The second kappa shape index (κ2) is 6.91. The van der Waals surface area contributed by atoms with Crippen molar-refractivity contribution >= 4 is 11.8 Å². The van der Waals surface area contributed by atoms with Crippen molar-refractivity contribution in [2.45, 2.75) is 6.92 Å². The molecule has 0 aromatic carbocycles. The van der Waals surface area contributed by atoms with Gasteiger partial charge in [0.15, 0.2) is 5.82 Å². The molecule has 10 heteroatoms. The Bertz CT molecular complexity index is 653. The molecule has 0 fully saturated rings. The molecule has 0 bridgehead atoms. The second-order valence-electron chi connectivity index (χ2n) is 4.41. The van der Waals surface area contributed by atoms with Crippen LogP contribution in [0.2, 0.25) is 0 Å². The summed E-state index contributed by atoms with van der Waals surface area (Å²) < 4.78 is 1.31. The van der Waals surface area contributed by atoms with Crippen molar-refractivity contribution in [1.82, 2.24) is 19.5 Å². The fraction of sp³-hybridized carbons (Fsp3) is 0.417. The number of aliphatic hydroxyl groups is 2. The molecule has 0 aliphatic rings. The molecule has 2 N–H and O–H groups in total. The quantitative estimate of drug-likeness (QED) is 0.525. The van der Waals surface area contributed by atoms with Crippen molar-refractivity contribution in [2.75, 3.05) is 31.2 Å². The van der Waals surface area contributed by atoms with Crippen LogP contribution in [0, 0.1) is 17.0 Å². The summed E-state index contributed by atoms with van der Waals surface area (Å²) in [4.78, 5) is 24.4. The smallest absolute Gasteiger partial charge is 0.349 e. The maximum atomic E-state index is 11.1. The number of rotatable bonds is 7. The van der Waals surface area contributed by atoms with E-state index in [2.05, 4.69) is 15.0 Å². The Morgan fingerprint density at radius 2 is 2.00 bits per heavy atom. The summed E-state index contributed by atoms with van der Waals surface area (Å²) in [5.41, 5.74) is 0. The highest BCUT2D eigenvalue weighted by molar-refractivity contribution is 5.39. The summed E-state index contributed by atoms with van der Waals surface area (Å²) in [7, 11) is 0. The van der Waals surface area contributed by atoms with Crippen molar-refractivity contribution in [1.29, 1.82) is 0 Å². The number of hydrogen-bond donors (Lipinski definition) is 2. The first-order valence-electron chi connectivity index (χ1n) is 6.57. The van der Waals surface area contributed by atoms with E-state index in [1.165, 1.54) is 16.8 Å². The minimum atomic E-state index is -0.541. The molecule has 0 aliphatic heterocycles. The van der Waals surface area contributed by atoms with E-state index in [1.54, 1.807) is 11.8 Å². The third kappa shape index (κ3) is 3.18. The summed E-state index contributed by atoms with van der Waals surface area (Å²) >= 11 is 0. The van der Waals surface area contributed by atoms with Crippen LogP contribution in [0.25, 0.3) is 5.82 Å². The lowest BCUT2D eigenvalue weighted by atomic mass is 10.5.